The largest absolute Gasteiger partial charge is 0.383 e. The zero-order valence-corrected chi connectivity index (χ0v) is 8.28. The summed E-state index contributed by atoms with van der Waals surface area (Å²) in [6.07, 6.45) is 2.40. The Morgan fingerprint density at radius 3 is 2.33 bits per heavy atom. The molecule has 1 fully saturated rings. The van der Waals surface area contributed by atoms with Gasteiger partial charge in [-0.1, -0.05) is 6.42 Å². The summed E-state index contributed by atoms with van der Waals surface area (Å²) < 4.78 is 29.6. The first kappa shape index (κ1) is 9.95. The molecule has 1 aliphatic carbocycles. The van der Waals surface area contributed by atoms with Crippen LogP contribution >= 0.6 is 0 Å². The number of ether oxygens (including phenoxy) is 1. The van der Waals surface area contributed by atoms with Crippen molar-refractivity contribution in [1.82, 2.24) is 4.72 Å². The first-order valence-electron chi connectivity index (χ1n) is 4.00. The Labute approximate surface area is 73.3 Å². The second-order valence-corrected chi connectivity index (χ2v) is 5.46. The maximum Gasteiger partial charge on any atom is 0.219 e. The van der Waals surface area contributed by atoms with Crippen molar-refractivity contribution in [3.8, 4) is 0 Å². The molecule has 0 aliphatic heterocycles. The Morgan fingerprint density at radius 2 is 2.08 bits per heavy atom. The van der Waals surface area contributed by atoms with Gasteiger partial charge >= 0.3 is 0 Å². The van der Waals surface area contributed by atoms with Gasteiger partial charge in [-0.25, -0.2) is 13.1 Å². The van der Waals surface area contributed by atoms with E-state index in [9.17, 15) is 8.42 Å². The lowest BCUT2D eigenvalue weighted by Gasteiger charge is -2.39. The average molecular weight is 193 g/mol. The molecule has 0 saturated heterocycles. The van der Waals surface area contributed by atoms with Crippen molar-refractivity contribution < 1.29 is 13.2 Å². The lowest BCUT2D eigenvalue weighted by molar-refractivity contribution is 0.126. The summed E-state index contributed by atoms with van der Waals surface area (Å²) in [5.74, 6) is 0. The van der Waals surface area contributed by atoms with Crippen LogP contribution in [0.1, 0.15) is 19.3 Å². The summed E-state index contributed by atoms with van der Waals surface area (Å²) in [6, 6.07) is 0. The molecule has 0 aromatic heterocycles. The molecule has 72 valence electrons. The van der Waals surface area contributed by atoms with Crippen LogP contribution in [0.3, 0.4) is 0 Å². The van der Waals surface area contributed by atoms with Crippen LogP contribution < -0.4 is 4.72 Å². The third-order valence-electron chi connectivity index (χ3n) is 2.51. The summed E-state index contributed by atoms with van der Waals surface area (Å²) in [5, 5.41) is 0. The van der Waals surface area contributed by atoms with Crippen molar-refractivity contribution in [2.24, 2.45) is 0 Å². The number of hydrogen-bond acceptors (Lipinski definition) is 3. The van der Waals surface area contributed by atoms with Crippen molar-refractivity contribution in [3.05, 3.63) is 0 Å². The van der Waals surface area contributed by atoms with E-state index in [1.807, 2.05) is 0 Å². The molecule has 0 heterocycles. The smallest absolute Gasteiger partial charge is 0.219 e. The molecule has 12 heavy (non-hydrogen) atoms. The van der Waals surface area contributed by atoms with Gasteiger partial charge in [0.05, 0.1) is 6.61 Å². The lowest BCUT2D eigenvalue weighted by Crippen LogP contribution is -2.53. The quantitative estimate of drug-likeness (QED) is 0.689. The molecule has 1 N–H and O–H groups in total. The van der Waals surface area contributed by atoms with Crippen molar-refractivity contribution in [2.45, 2.75) is 24.0 Å². The van der Waals surface area contributed by atoms with Crippen molar-refractivity contribution in [3.63, 3.8) is 0 Å². The van der Waals surface area contributed by atoms with Gasteiger partial charge in [0.1, 0.15) is 4.75 Å². The molecule has 1 aliphatic rings. The van der Waals surface area contributed by atoms with E-state index in [1.165, 1.54) is 14.2 Å². The maximum absolute atomic E-state index is 11.5. The maximum atomic E-state index is 11.5. The van der Waals surface area contributed by atoms with Gasteiger partial charge in [-0.05, 0) is 19.9 Å². The molecular formula is C7H15NO3S. The van der Waals surface area contributed by atoms with Gasteiger partial charge < -0.3 is 4.74 Å². The fraction of sp³-hybridized carbons (Fsp3) is 1.00. The van der Waals surface area contributed by atoms with Crippen LogP contribution in [0.15, 0.2) is 0 Å². The standard InChI is InChI=1S/C7H15NO3S/c1-8-12(9,10)7(6-11-2)4-3-5-7/h8H,3-6H2,1-2H3. The second-order valence-electron chi connectivity index (χ2n) is 3.18. The topological polar surface area (TPSA) is 55.4 Å². The van der Waals surface area contributed by atoms with E-state index in [0.717, 1.165) is 6.42 Å². The Kier molecular flexibility index (Phi) is 2.75. The number of hydrogen-bond donors (Lipinski definition) is 1. The fourth-order valence-electron chi connectivity index (χ4n) is 1.54. The molecule has 0 aromatic rings. The van der Waals surface area contributed by atoms with Gasteiger partial charge in [-0.15, -0.1) is 0 Å². The van der Waals surface area contributed by atoms with Gasteiger partial charge in [0.15, 0.2) is 0 Å². The molecule has 1 rings (SSSR count). The number of sulfonamides is 1. The summed E-state index contributed by atoms with van der Waals surface area (Å²) in [6.45, 7) is 0.302. The first-order valence-corrected chi connectivity index (χ1v) is 5.48. The van der Waals surface area contributed by atoms with Crippen LogP contribution in [-0.4, -0.2) is 33.9 Å². The third-order valence-corrected chi connectivity index (χ3v) is 4.71. The lowest BCUT2D eigenvalue weighted by atomic mass is 9.85. The SMILES string of the molecule is CNS(=O)(=O)C1(COC)CCC1. The molecule has 0 amide bonds. The molecule has 1 saturated carbocycles. The van der Waals surface area contributed by atoms with Crippen LogP contribution in [-0.2, 0) is 14.8 Å². The fourth-order valence-corrected chi connectivity index (χ4v) is 3.07. The summed E-state index contributed by atoms with van der Waals surface area (Å²) in [7, 11) is -0.178. The van der Waals surface area contributed by atoms with Crippen LogP contribution in [0.4, 0.5) is 0 Å². The van der Waals surface area contributed by atoms with E-state index < -0.39 is 14.8 Å². The first-order chi connectivity index (χ1) is 5.58. The minimum absolute atomic E-state index is 0.302. The van der Waals surface area contributed by atoms with Crippen LogP contribution in [0.25, 0.3) is 0 Å². The molecule has 0 radical (unpaired) electrons. The van der Waals surface area contributed by atoms with E-state index in [-0.39, 0.29) is 0 Å². The Morgan fingerprint density at radius 1 is 1.50 bits per heavy atom. The molecule has 0 unspecified atom stereocenters. The summed E-state index contributed by atoms with van der Waals surface area (Å²) in [5.41, 5.74) is 0. The predicted octanol–water partition coefficient (Wildman–Crippen LogP) is 0.105. The van der Waals surface area contributed by atoms with Crippen LogP contribution in [0.5, 0.6) is 0 Å². The van der Waals surface area contributed by atoms with E-state index in [0.29, 0.717) is 19.4 Å². The normalized spacial score (nSPS) is 21.8. The van der Waals surface area contributed by atoms with Crippen molar-refractivity contribution in [1.29, 1.82) is 0 Å². The highest BCUT2D eigenvalue weighted by Crippen LogP contribution is 2.38. The monoisotopic (exact) mass is 193 g/mol. The third kappa shape index (κ3) is 1.36. The minimum Gasteiger partial charge on any atom is -0.383 e. The Balaban J connectivity index is 2.80. The molecule has 0 bridgehead atoms. The molecule has 0 atom stereocenters. The van der Waals surface area contributed by atoms with Crippen molar-refractivity contribution >= 4 is 10.0 Å². The molecule has 5 heteroatoms. The highest BCUT2D eigenvalue weighted by molar-refractivity contribution is 7.91. The van der Waals surface area contributed by atoms with E-state index in [1.54, 1.807) is 0 Å². The second kappa shape index (κ2) is 3.32. The molecule has 0 spiro atoms. The van der Waals surface area contributed by atoms with Gasteiger partial charge in [-0.3, -0.25) is 0 Å². The zero-order valence-electron chi connectivity index (χ0n) is 7.46. The average Bonchev–Trinajstić information content (AvgIpc) is 1.96. The van der Waals surface area contributed by atoms with Gasteiger partial charge in [0.25, 0.3) is 0 Å². The van der Waals surface area contributed by atoms with E-state index in [2.05, 4.69) is 4.72 Å². The molecule has 4 nitrogen and oxygen atoms in total. The highest BCUT2D eigenvalue weighted by atomic mass is 32.2. The van der Waals surface area contributed by atoms with E-state index in [4.69, 9.17) is 4.74 Å². The van der Waals surface area contributed by atoms with E-state index >= 15 is 0 Å². The predicted molar refractivity (Wildman–Crippen MR) is 46.4 cm³/mol. The van der Waals surface area contributed by atoms with Crippen molar-refractivity contribution in [2.75, 3.05) is 20.8 Å². The van der Waals surface area contributed by atoms with Crippen LogP contribution in [0, 0.1) is 0 Å². The number of methoxy groups -OCH3 is 1. The highest BCUT2D eigenvalue weighted by Gasteiger charge is 2.48. The van der Waals surface area contributed by atoms with Gasteiger partial charge in [-0.2, -0.15) is 0 Å². The van der Waals surface area contributed by atoms with Crippen LogP contribution in [0.2, 0.25) is 0 Å². The Hall–Kier alpha value is -0.130. The minimum atomic E-state index is -3.16. The Bertz CT molecular complexity index is 243. The van der Waals surface area contributed by atoms with Gasteiger partial charge in [0.2, 0.25) is 10.0 Å². The molecule has 0 aromatic carbocycles. The summed E-state index contributed by atoms with van der Waals surface area (Å²) >= 11 is 0. The van der Waals surface area contributed by atoms with Gasteiger partial charge in [0, 0.05) is 7.11 Å². The molecular weight excluding hydrogens is 178 g/mol. The number of rotatable bonds is 4. The number of nitrogens with one attached hydrogen (secondary N) is 1. The zero-order chi connectivity index (χ0) is 9.24. The summed E-state index contributed by atoms with van der Waals surface area (Å²) in [4.78, 5) is 0.